The largest absolute Gasteiger partial charge is 0.465 e. The molecule has 0 aliphatic rings. The molecule has 0 aliphatic heterocycles. The van der Waals surface area contributed by atoms with Gasteiger partial charge in [-0.1, -0.05) is 35.9 Å². The van der Waals surface area contributed by atoms with Crippen LogP contribution in [0.3, 0.4) is 0 Å². The van der Waals surface area contributed by atoms with E-state index in [1.165, 1.54) is 29.1 Å². The lowest BCUT2D eigenvalue weighted by atomic mass is 10.1. The van der Waals surface area contributed by atoms with Crippen molar-refractivity contribution in [3.8, 4) is 0 Å². The Labute approximate surface area is 187 Å². The highest BCUT2D eigenvalue weighted by Gasteiger charge is 2.10. The van der Waals surface area contributed by atoms with Crippen molar-refractivity contribution in [1.82, 2.24) is 4.57 Å². The Morgan fingerprint density at radius 3 is 2.55 bits per heavy atom. The third kappa shape index (κ3) is 5.71. The Bertz CT molecular complexity index is 1270. The Morgan fingerprint density at radius 2 is 1.90 bits per heavy atom. The molecule has 0 fully saturated rings. The summed E-state index contributed by atoms with van der Waals surface area (Å²) in [6, 6.07) is 13.9. The van der Waals surface area contributed by atoms with Crippen molar-refractivity contribution in [2.45, 2.75) is 13.5 Å². The number of methoxy groups -OCH3 is 1. The molecule has 0 unspecified atom stereocenters. The lowest BCUT2D eigenvalue weighted by Gasteiger charge is -2.04. The fraction of sp³-hybridized carbons (Fsp3) is 0.174. The van der Waals surface area contributed by atoms with E-state index in [1.54, 1.807) is 55.5 Å². The van der Waals surface area contributed by atoms with E-state index in [0.717, 1.165) is 11.1 Å². The van der Waals surface area contributed by atoms with Gasteiger partial charge in [0.1, 0.15) is 4.66 Å². The molecule has 6 nitrogen and oxygen atoms in total. The number of hydrogen-bond donors (Lipinski definition) is 0. The van der Waals surface area contributed by atoms with Crippen molar-refractivity contribution >= 4 is 47.0 Å². The average molecular weight is 458 g/mol. The van der Waals surface area contributed by atoms with Gasteiger partial charge in [0.05, 0.1) is 36.4 Å². The first-order chi connectivity index (χ1) is 14.9. The molecule has 3 aromatic rings. The Hall–Kier alpha value is -3.16. The number of carbonyl (C=O) groups excluding carboxylic acids is 2. The van der Waals surface area contributed by atoms with E-state index in [0.29, 0.717) is 19.8 Å². The summed E-state index contributed by atoms with van der Waals surface area (Å²) in [4.78, 5) is 36.8. The monoisotopic (exact) mass is 457 g/mol. The van der Waals surface area contributed by atoms with Gasteiger partial charge in [0.25, 0.3) is 5.56 Å². The molecule has 0 N–H and O–H groups in total. The molecule has 0 radical (unpaired) electrons. The lowest BCUT2D eigenvalue weighted by Crippen LogP contribution is -2.32. The maximum absolute atomic E-state index is 13.1. The molecule has 0 aliphatic carbocycles. The van der Waals surface area contributed by atoms with Crippen molar-refractivity contribution in [2.75, 3.05) is 13.7 Å². The van der Waals surface area contributed by atoms with E-state index >= 15 is 0 Å². The van der Waals surface area contributed by atoms with Gasteiger partial charge in [-0.2, -0.15) is 0 Å². The van der Waals surface area contributed by atoms with Crippen molar-refractivity contribution in [3.63, 3.8) is 0 Å². The molecule has 0 saturated carbocycles. The highest BCUT2D eigenvalue weighted by atomic mass is 35.5. The summed E-state index contributed by atoms with van der Waals surface area (Å²) >= 11 is 7.24. The summed E-state index contributed by atoms with van der Waals surface area (Å²) in [6.45, 7) is 2.18. The summed E-state index contributed by atoms with van der Waals surface area (Å²) < 4.78 is 12.1. The summed E-state index contributed by atoms with van der Waals surface area (Å²) in [5.74, 6) is -0.957. The topological polar surface area (TPSA) is 74.6 Å². The van der Waals surface area contributed by atoms with Crippen LogP contribution in [0.5, 0.6) is 0 Å². The van der Waals surface area contributed by atoms with Gasteiger partial charge in [0.2, 0.25) is 0 Å². The number of halogens is 1. The molecule has 0 spiro atoms. The third-order valence-electron chi connectivity index (χ3n) is 4.33. The third-order valence-corrected chi connectivity index (χ3v) is 5.62. The van der Waals surface area contributed by atoms with Crippen LogP contribution in [0.1, 0.15) is 28.4 Å². The summed E-state index contributed by atoms with van der Waals surface area (Å²) in [6.07, 6.45) is 3.05. The second-order valence-electron chi connectivity index (χ2n) is 6.48. The number of rotatable bonds is 6. The minimum atomic E-state index is -0.521. The molecule has 160 valence electrons. The van der Waals surface area contributed by atoms with Gasteiger partial charge < -0.3 is 9.47 Å². The van der Waals surface area contributed by atoms with Crippen LogP contribution in [-0.2, 0) is 20.8 Å². The minimum Gasteiger partial charge on any atom is -0.465 e. The molecule has 0 amide bonds. The van der Waals surface area contributed by atoms with Gasteiger partial charge in [-0.15, -0.1) is 11.3 Å². The van der Waals surface area contributed by atoms with Crippen LogP contribution < -0.4 is 14.8 Å². The molecule has 0 saturated heterocycles. The van der Waals surface area contributed by atoms with Crippen LogP contribution in [0.4, 0.5) is 0 Å². The predicted octanol–water partition coefficient (Wildman–Crippen LogP) is 2.57. The number of thiazole rings is 1. The molecule has 1 heterocycles. The van der Waals surface area contributed by atoms with E-state index < -0.39 is 11.9 Å². The highest BCUT2D eigenvalue weighted by Crippen LogP contribution is 2.11. The van der Waals surface area contributed by atoms with Crippen molar-refractivity contribution in [1.29, 1.82) is 0 Å². The number of esters is 2. The van der Waals surface area contributed by atoms with E-state index in [-0.39, 0.29) is 18.7 Å². The number of ether oxygens (including phenoxy) is 2. The Balaban J connectivity index is 2.07. The normalized spacial score (nSPS) is 12.1. The summed E-state index contributed by atoms with van der Waals surface area (Å²) in [5.41, 5.74) is 1.75. The highest BCUT2D eigenvalue weighted by molar-refractivity contribution is 7.07. The van der Waals surface area contributed by atoms with Gasteiger partial charge >= 0.3 is 11.9 Å². The molecule has 0 bridgehead atoms. The van der Waals surface area contributed by atoms with Gasteiger partial charge in [0, 0.05) is 5.02 Å². The second-order valence-corrected chi connectivity index (χ2v) is 7.98. The first-order valence-electron chi connectivity index (χ1n) is 9.44. The molecule has 0 atom stereocenters. The zero-order valence-corrected chi connectivity index (χ0v) is 18.5. The number of aromatic nitrogens is 1. The van der Waals surface area contributed by atoms with Crippen molar-refractivity contribution in [2.24, 2.45) is 0 Å². The SMILES string of the molecule is CCOC(=O)/C=c1\s/c(=C/c2cccc(Cl)c2)c(=O)n1Cc1ccc(C(=O)OC)cc1. The van der Waals surface area contributed by atoms with Crippen LogP contribution in [0, 0.1) is 0 Å². The van der Waals surface area contributed by atoms with Gasteiger partial charge in [-0.25, -0.2) is 9.59 Å². The fourth-order valence-electron chi connectivity index (χ4n) is 2.87. The Morgan fingerprint density at radius 1 is 1.16 bits per heavy atom. The van der Waals surface area contributed by atoms with Crippen molar-refractivity contribution < 1.29 is 19.1 Å². The van der Waals surface area contributed by atoms with Crippen LogP contribution in [0.25, 0.3) is 12.2 Å². The molecular weight excluding hydrogens is 438 g/mol. The zero-order valence-electron chi connectivity index (χ0n) is 17.0. The Kier molecular flexibility index (Phi) is 7.44. The molecule has 2 aromatic carbocycles. The standard InChI is InChI=1S/C23H20ClNO5S/c1-3-30-21(26)13-20-25(14-15-7-9-17(10-8-15)23(28)29-2)22(27)19(31-20)12-16-5-4-6-18(24)11-16/h4-13H,3,14H2,1-2H3/b19-12+,20-13-. The molecular formula is C23H20ClNO5S. The van der Waals surface area contributed by atoms with E-state index in [2.05, 4.69) is 0 Å². The van der Waals surface area contributed by atoms with E-state index in [4.69, 9.17) is 21.1 Å². The first-order valence-corrected chi connectivity index (χ1v) is 10.6. The minimum absolute atomic E-state index is 0.228. The quantitative estimate of drug-likeness (QED) is 0.532. The smallest absolute Gasteiger partial charge is 0.337 e. The molecule has 31 heavy (non-hydrogen) atoms. The maximum Gasteiger partial charge on any atom is 0.337 e. The number of benzene rings is 2. The fourth-order valence-corrected chi connectivity index (χ4v) is 4.10. The van der Waals surface area contributed by atoms with Crippen molar-refractivity contribution in [3.05, 3.63) is 89.8 Å². The van der Waals surface area contributed by atoms with Crippen LogP contribution in [0.15, 0.2) is 53.3 Å². The predicted molar refractivity (Wildman–Crippen MR) is 121 cm³/mol. The van der Waals surface area contributed by atoms with Gasteiger partial charge in [0.15, 0.2) is 0 Å². The van der Waals surface area contributed by atoms with Crippen LogP contribution in [0.2, 0.25) is 5.02 Å². The van der Waals surface area contributed by atoms with Crippen LogP contribution >= 0.6 is 22.9 Å². The number of hydrogen-bond acceptors (Lipinski definition) is 6. The molecule has 3 rings (SSSR count). The zero-order chi connectivity index (χ0) is 22.4. The average Bonchev–Trinajstić information content (AvgIpc) is 3.02. The molecule has 8 heteroatoms. The van der Waals surface area contributed by atoms with Gasteiger partial charge in [-0.3, -0.25) is 9.36 Å². The van der Waals surface area contributed by atoms with Crippen LogP contribution in [-0.4, -0.2) is 30.2 Å². The maximum atomic E-state index is 13.1. The summed E-state index contributed by atoms with van der Waals surface area (Å²) in [7, 11) is 1.32. The van der Waals surface area contributed by atoms with E-state index in [9.17, 15) is 14.4 Å². The first kappa shape index (κ1) is 22.5. The summed E-state index contributed by atoms with van der Waals surface area (Å²) in [5, 5.41) is 0.564. The lowest BCUT2D eigenvalue weighted by molar-refractivity contribution is -0.135. The number of carbonyl (C=O) groups is 2. The van der Waals surface area contributed by atoms with Gasteiger partial charge in [-0.05, 0) is 48.4 Å². The second kappa shape index (κ2) is 10.2. The van der Waals surface area contributed by atoms with E-state index in [1.807, 2.05) is 6.07 Å². The molecule has 1 aromatic heterocycles. The number of nitrogens with zero attached hydrogens (tertiary/aromatic N) is 1.